The second kappa shape index (κ2) is 57.2. The predicted molar refractivity (Wildman–Crippen MR) is 538 cm³/mol. The van der Waals surface area contributed by atoms with Gasteiger partial charge in [-0.1, -0.05) is 481 Å². The van der Waals surface area contributed by atoms with Crippen LogP contribution in [-0.4, -0.2) is 33.6 Å². The summed E-state index contributed by atoms with van der Waals surface area (Å²) in [4.78, 5) is 20.0. The Hall–Kier alpha value is -7.14. The molecule has 0 radical (unpaired) electrons. The molecule has 18 rings (SSSR count). The maximum atomic E-state index is 8.83. The average Bonchev–Trinajstić information content (AvgIpc) is 0.761. The third kappa shape index (κ3) is 33.0. The Bertz CT molecular complexity index is 5360. The quantitative estimate of drug-likeness (QED) is 0.0262. The number of benzene rings is 16. The van der Waals surface area contributed by atoms with E-state index in [-0.39, 0.29) is 131 Å². The molecule has 0 atom stereocenters. The van der Waals surface area contributed by atoms with Crippen LogP contribution in [0.5, 0.6) is 0 Å². The van der Waals surface area contributed by atoms with Crippen molar-refractivity contribution in [2.75, 3.05) is 0 Å². The van der Waals surface area contributed by atoms with Gasteiger partial charge in [0.05, 0.1) is 36.8 Å². The molecule has 2 N–H and O–H groups in total. The second-order valence-electron chi connectivity index (χ2n) is 27.9. The number of carbonyl (C=O) groups is 1. The zero-order valence-electron chi connectivity index (χ0n) is 71.9. The summed E-state index contributed by atoms with van der Waals surface area (Å²) in [5.41, 5.74) is 8.56. The van der Waals surface area contributed by atoms with Crippen LogP contribution in [0.25, 0.3) is 33.1 Å². The first kappa shape index (κ1) is 105. The molecule has 0 aliphatic heterocycles. The molecule has 0 bridgehead atoms. The monoisotopic (exact) mass is 1980 g/mol. The Morgan fingerprint density at radius 1 is 0.291 bits per heavy atom. The zero-order chi connectivity index (χ0) is 87.2. The standard InChI is InChI=1S/4C18H15P.C17H13Cl2N.C9H4Cl3N.C8H11BO2.CH2O3.2K.Pd.H/c4*1-4-10-16(11-5-1)19(17-12-6-2-7-13-17)18-14-8-3-9-15-18;1-10-6-11(2)8-12(7-10)16-9-14(19)17-13(18)4-3-5-15(17)20-16;10-5-2-1-3-7-9(5)6(11)4-8(12)13-7;1-6-3-7(2)5-8(4-6)9(10)11;2-1-4-3;;;;/h4*1-15H;3-9H,1-2H3;1-4H;3-5,10-11H,1-2H3;1,3H;;;;/q;;;;;;;;2*+1;;-1/p-1. The molecule has 628 valence electrons. The van der Waals surface area contributed by atoms with Gasteiger partial charge in [0.25, 0.3) is 6.47 Å². The normalized spacial score (nSPS) is 10.2. The van der Waals surface area contributed by atoms with Gasteiger partial charge < -0.3 is 21.6 Å². The number of hydrogen-bond donors (Lipinski definition) is 2. The minimum atomic E-state index is -1.35. The number of halogens is 5. The summed E-state index contributed by atoms with van der Waals surface area (Å²) < 4.78 is 0. The maximum Gasteiger partial charge on any atom is 1.00 e. The van der Waals surface area contributed by atoms with Crippen molar-refractivity contribution in [2.45, 2.75) is 27.7 Å². The van der Waals surface area contributed by atoms with Crippen molar-refractivity contribution >= 4 is 194 Å². The van der Waals surface area contributed by atoms with Crippen LogP contribution in [0.4, 0.5) is 0 Å². The number of fused-ring (bicyclic) bond motifs is 2. The van der Waals surface area contributed by atoms with Crippen molar-refractivity contribution < 1.29 is 150 Å². The van der Waals surface area contributed by atoms with Gasteiger partial charge in [-0.3, -0.25) is 4.79 Å². The van der Waals surface area contributed by atoms with Crippen LogP contribution in [0.3, 0.4) is 0 Å². The molecule has 20 heteroatoms. The van der Waals surface area contributed by atoms with Gasteiger partial charge in [-0.05, 0) is 177 Å². The minimum absolute atomic E-state index is 0. The first-order valence-electron chi connectivity index (χ1n) is 39.8. The van der Waals surface area contributed by atoms with Crippen LogP contribution < -0.4 is 177 Å². The van der Waals surface area contributed by atoms with E-state index in [4.69, 9.17) is 78.1 Å². The molecule has 0 spiro atoms. The third-order valence-corrected chi connectivity index (χ3v) is 29.9. The van der Waals surface area contributed by atoms with E-state index in [1.54, 1.807) is 24.3 Å². The molecule has 7 nitrogen and oxygen atoms in total. The van der Waals surface area contributed by atoms with Gasteiger partial charge in [-0.2, -0.15) is 0 Å². The van der Waals surface area contributed by atoms with E-state index < -0.39 is 38.8 Å². The predicted octanol–water partition coefficient (Wildman–Crippen LogP) is 16.3. The number of carbonyl (C=O) groups excluding carboxylic acids is 1. The summed E-state index contributed by atoms with van der Waals surface area (Å²) in [6.07, 6.45) is 0. The van der Waals surface area contributed by atoms with Gasteiger partial charge >= 0.3 is 110 Å². The van der Waals surface area contributed by atoms with Crippen molar-refractivity contribution in [2.24, 2.45) is 0 Å². The van der Waals surface area contributed by atoms with E-state index in [0.29, 0.717) is 36.2 Å². The molecule has 18 aromatic rings. The van der Waals surface area contributed by atoms with Gasteiger partial charge in [-0.15, -0.1) is 0 Å². The maximum absolute atomic E-state index is 8.83. The summed E-state index contributed by atoms with van der Waals surface area (Å²) in [5.74, 6) is 0. The molecule has 0 saturated carbocycles. The summed E-state index contributed by atoms with van der Waals surface area (Å²) >= 11 is 30.2. The Morgan fingerprint density at radius 2 is 0.496 bits per heavy atom. The fraction of sp³-hybridized carbons (Fsp3) is 0.0374. The van der Waals surface area contributed by atoms with Crippen LogP contribution in [0, 0.1) is 27.7 Å². The number of hydrogen-bond acceptors (Lipinski definition) is 7. The van der Waals surface area contributed by atoms with Crippen LogP contribution in [0.15, 0.2) is 449 Å². The van der Waals surface area contributed by atoms with Gasteiger partial charge in [-0.25, -0.2) is 9.97 Å². The van der Waals surface area contributed by atoms with E-state index in [0.717, 1.165) is 38.7 Å². The zero-order valence-corrected chi connectivity index (χ0v) is 86.0. The summed E-state index contributed by atoms with van der Waals surface area (Å²) in [6, 6.07) is 156. The van der Waals surface area contributed by atoms with Crippen LogP contribution >= 0.6 is 89.7 Å². The Morgan fingerprint density at radius 3 is 0.709 bits per heavy atom. The smallest absolute Gasteiger partial charge is 1.00 e. The summed E-state index contributed by atoms with van der Waals surface area (Å²) in [6.45, 7) is 7.84. The molecule has 0 aliphatic carbocycles. The molecular weight excluding hydrogens is 1890 g/mol. The molecule has 0 unspecified atom stereocenters. The SMILES string of the molecule is Cc1cc(C)cc(-c2cc(Cl)c3c(Cl)cccc3n2)c1.Cc1cc(C)cc(B(O)O)c1.Clc1cc(Cl)c2c(Cl)cccc2n1.O=CO[O-].[H-].[K+].[K+].[Pd].c1ccc(P(c2ccccc2)c2ccccc2)cc1.c1ccc(P(c2ccccc2)c2ccccc2)cc1.c1ccc(P(c2ccccc2)c2ccccc2)cc1.c1ccc(P(c2ccccc2)c2ccccc2)cc1. The Kier molecular flexibility index (Phi) is 47.4. The molecule has 2 heterocycles. The molecule has 0 saturated heterocycles. The average molecular weight is 1980 g/mol. The van der Waals surface area contributed by atoms with Crippen LogP contribution in [-0.2, 0) is 30.1 Å². The van der Waals surface area contributed by atoms with E-state index in [2.05, 4.69) is 411 Å². The fourth-order valence-electron chi connectivity index (χ4n) is 13.5. The van der Waals surface area contributed by atoms with E-state index in [1.165, 1.54) is 74.8 Å². The summed E-state index contributed by atoms with van der Waals surface area (Å²) in [5, 5.41) is 47.2. The number of aryl methyl sites for hydroxylation is 4. The number of nitrogens with zero attached hydrogens (tertiary/aromatic N) is 2. The molecule has 127 heavy (non-hydrogen) atoms. The topological polar surface area (TPSA) is 116 Å². The van der Waals surface area contributed by atoms with Crippen molar-refractivity contribution in [1.82, 2.24) is 9.97 Å². The van der Waals surface area contributed by atoms with Gasteiger partial charge in [0.15, 0.2) is 0 Å². The number of rotatable bonds is 15. The number of pyridine rings is 2. The van der Waals surface area contributed by atoms with E-state index in [9.17, 15) is 0 Å². The van der Waals surface area contributed by atoms with Gasteiger partial charge in [0.2, 0.25) is 0 Å². The largest absolute Gasteiger partial charge is 1.00 e. The van der Waals surface area contributed by atoms with Crippen molar-refractivity contribution in [1.29, 1.82) is 0 Å². The third-order valence-electron chi connectivity index (χ3n) is 18.7. The number of aromatic nitrogens is 2. The molecule has 2 aromatic heterocycles. The van der Waals surface area contributed by atoms with Crippen molar-refractivity contribution in [3.05, 3.63) is 496 Å². The van der Waals surface area contributed by atoms with Crippen LogP contribution in [0.2, 0.25) is 25.2 Å². The van der Waals surface area contributed by atoms with Crippen LogP contribution in [0.1, 0.15) is 23.7 Å². The summed E-state index contributed by atoms with van der Waals surface area (Å²) in [7, 11) is -3.14. The molecule has 0 fully saturated rings. The molecular formula is C107H90BCl5K2N2O5P4Pd. The first-order chi connectivity index (χ1) is 60.5. The Balaban J connectivity index is 0.000000203. The van der Waals surface area contributed by atoms with Gasteiger partial charge in [0, 0.05) is 36.8 Å². The van der Waals surface area contributed by atoms with E-state index in [1.807, 2.05) is 56.3 Å². The van der Waals surface area contributed by atoms with E-state index >= 15 is 0 Å². The first-order valence-corrected chi connectivity index (χ1v) is 47.0. The Labute approximate surface area is 877 Å². The minimum Gasteiger partial charge on any atom is -1.00 e. The van der Waals surface area contributed by atoms with Gasteiger partial charge in [0.1, 0.15) is 5.15 Å². The second-order valence-corrected chi connectivity index (χ2v) is 38.8. The van der Waals surface area contributed by atoms with Crippen molar-refractivity contribution in [3.63, 3.8) is 0 Å². The van der Waals surface area contributed by atoms with Crippen molar-refractivity contribution in [3.8, 4) is 11.3 Å². The molecule has 0 aliphatic rings. The fourth-order valence-corrected chi connectivity index (χ4v) is 24.2. The molecule has 0 amide bonds. The molecule has 16 aromatic carbocycles.